The van der Waals surface area contributed by atoms with Crippen LogP contribution in [0.4, 0.5) is 5.69 Å². The summed E-state index contributed by atoms with van der Waals surface area (Å²) in [6, 6.07) is 19.3. The zero-order valence-electron chi connectivity index (χ0n) is 15.7. The molecule has 1 unspecified atom stereocenters. The quantitative estimate of drug-likeness (QED) is 0.625. The summed E-state index contributed by atoms with van der Waals surface area (Å²) in [5.41, 5.74) is 9.54. The smallest absolute Gasteiger partial charge is 0.182 e. The van der Waals surface area contributed by atoms with Crippen LogP contribution < -0.4 is 15.8 Å². The highest BCUT2D eigenvalue weighted by atomic mass is 16.5. The molecule has 0 aliphatic carbocycles. The normalized spacial score (nSPS) is 15.6. The molecule has 2 radical (unpaired) electrons. The van der Waals surface area contributed by atoms with Gasteiger partial charge in [0.05, 0.1) is 6.04 Å². The lowest BCUT2D eigenvalue weighted by Gasteiger charge is -2.37. The van der Waals surface area contributed by atoms with Crippen LogP contribution in [0.15, 0.2) is 73.1 Å². The predicted molar refractivity (Wildman–Crippen MR) is 113 cm³/mol. The van der Waals surface area contributed by atoms with Crippen LogP contribution in [-0.2, 0) is 0 Å². The minimum atomic E-state index is -0.269. The van der Waals surface area contributed by atoms with Gasteiger partial charge in [-0.05, 0) is 54.9 Å². The summed E-state index contributed by atoms with van der Waals surface area (Å²) in [6.45, 7) is 2.71. The minimum absolute atomic E-state index is 0.269. The van der Waals surface area contributed by atoms with Crippen molar-refractivity contribution in [2.45, 2.75) is 6.04 Å². The molecular formula is C22H23BN4O. The number of hydrogen-bond acceptors (Lipinski definition) is 5. The van der Waals surface area contributed by atoms with Crippen molar-refractivity contribution in [1.29, 1.82) is 0 Å². The Morgan fingerprint density at radius 1 is 1.07 bits per heavy atom. The van der Waals surface area contributed by atoms with Crippen molar-refractivity contribution in [3.8, 4) is 11.5 Å². The molecule has 2 aromatic carbocycles. The molecule has 3 aromatic rings. The molecular weight excluding hydrogens is 347 g/mol. The van der Waals surface area contributed by atoms with Gasteiger partial charge in [-0.3, -0.25) is 4.98 Å². The zero-order valence-corrected chi connectivity index (χ0v) is 15.7. The standard InChI is InChI=1S/C22H23BN4O/c23-27-14-16(15-27)12-26-21-10-11-25-13-20(21)22(24)17-6-8-19(9-7-17)28-18-4-2-1-3-5-18/h1-11,13,16,22H,12,14-15,24H2,(H,25,26). The van der Waals surface area contributed by atoms with E-state index in [1.165, 1.54) is 0 Å². The molecule has 140 valence electrons. The van der Waals surface area contributed by atoms with Crippen molar-refractivity contribution >= 4 is 13.7 Å². The number of aromatic nitrogens is 1. The first-order valence-electron chi connectivity index (χ1n) is 9.45. The van der Waals surface area contributed by atoms with Gasteiger partial charge in [0.2, 0.25) is 0 Å². The van der Waals surface area contributed by atoms with Crippen LogP contribution in [0.1, 0.15) is 17.2 Å². The number of pyridine rings is 1. The van der Waals surface area contributed by atoms with Gasteiger partial charge in [-0.25, -0.2) is 0 Å². The fraction of sp³-hybridized carbons (Fsp3) is 0.227. The molecule has 1 aliphatic heterocycles. The summed E-state index contributed by atoms with van der Waals surface area (Å²) < 4.78 is 5.86. The van der Waals surface area contributed by atoms with Gasteiger partial charge < -0.3 is 20.6 Å². The maximum absolute atomic E-state index is 6.55. The summed E-state index contributed by atoms with van der Waals surface area (Å²) in [5, 5.41) is 3.50. The van der Waals surface area contributed by atoms with Crippen LogP contribution >= 0.6 is 0 Å². The number of para-hydroxylation sites is 1. The Morgan fingerprint density at radius 2 is 1.79 bits per heavy atom. The van der Waals surface area contributed by atoms with E-state index in [9.17, 15) is 0 Å². The van der Waals surface area contributed by atoms with Gasteiger partial charge in [-0.1, -0.05) is 30.3 Å². The van der Waals surface area contributed by atoms with Gasteiger partial charge in [0.25, 0.3) is 0 Å². The molecule has 28 heavy (non-hydrogen) atoms. The largest absolute Gasteiger partial charge is 0.457 e. The lowest BCUT2D eigenvalue weighted by Crippen LogP contribution is -2.47. The summed E-state index contributed by atoms with van der Waals surface area (Å²) in [4.78, 5) is 6.09. The summed E-state index contributed by atoms with van der Waals surface area (Å²) in [5.74, 6) is 2.16. The molecule has 1 atom stereocenters. The number of nitrogens with two attached hydrogens (primary N) is 1. The second-order valence-corrected chi connectivity index (χ2v) is 7.13. The minimum Gasteiger partial charge on any atom is -0.457 e. The molecule has 3 N–H and O–H groups in total. The number of hydrogen-bond donors (Lipinski definition) is 2. The van der Waals surface area contributed by atoms with Gasteiger partial charge >= 0.3 is 0 Å². The Kier molecular flexibility index (Phi) is 5.60. The highest BCUT2D eigenvalue weighted by Gasteiger charge is 2.22. The van der Waals surface area contributed by atoms with Gasteiger partial charge in [0, 0.05) is 30.2 Å². The Labute approximate surface area is 167 Å². The van der Waals surface area contributed by atoms with Crippen LogP contribution in [0, 0.1) is 5.92 Å². The van der Waals surface area contributed by atoms with Gasteiger partial charge in [0.15, 0.2) is 7.98 Å². The van der Waals surface area contributed by atoms with Gasteiger partial charge in [0.1, 0.15) is 11.5 Å². The molecule has 1 aliphatic rings. The molecule has 1 saturated heterocycles. The average Bonchev–Trinajstić information content (AvgIpc) is 2.71. The molecule has 4 rings (SSSR count). The van der Waals surface area contributed by atoms with E-state index in [0.717, 1.165) is 47.9 Å². The molecule has 5 nitrogen and oxygen atoms in total. The Bertz CT molecular complexity index is 898. The first kappa shape index (κ1) is 18.5. The van der Waals surface area contributed by atoms with Crippen molar-refractivity contribution in [2.75, 3.05) is 25.0 Å². The Hall–Kier alpha value is -2.83. The maximum Gasteiger partial charge on any atom is 0.182 e. The molecule has 0 spiro atoms. The lowest BCUT2D eigenvalue weighted by molar-refractivity contribution is 0.220. The van der Waals surface area contributed by atoms with Crippen LogP contribution in [0.5, 0.6) is 11.5 Å². The van der Waals surface area contributed by atoms with E-state index in [1.54, 1.807) is 6.20 Å². The summed E-state index contributed by atoms with van der Waals surface area (Å²) in [6.07, 6.45) is 3.61. The lowest BCUT2D eigenvalue weighted by atomic mass is 9.95. The van der Waals surface area contributed by atoms with Crippen LogP contribution in [-0.4, -0.2) is 37.4 Å². The van der Waals surface area contributed by atoms with E-state index in [1.807, 2.05) is 71.7 Å². The van der Waals surface area contributed by atoms with E-state index in [-0.39, 0.29) is 6.04 Å². The average molecular weight is 370 g/mol. The van der Waals surface area contributed by atoms with Crippen molar-refractivity contribution in [3.63, 3.8) is 0 Å². The monoisotopic (exact) mass is 370 g/mol. The predicted octanol–water partition coefficient (Wildman–Crippen LogP) is 3.35. The number of ether oxygens (including phenoxy) is 1. The van der Waals surface area contributed by atoms with E-state index in [0.29, 0.717) is 5.92 Å². The van der Waals surface area contributed by atoms with Crippen LogP contribution in [0.2, 0.25) is 0 Å². The molecule has 6 heteroatoms. The molecule has 0 saturated carbocycles. The van der Waals surface area contributed by atoms with Gasteiger partial charge in [-0.15, -0.1) is 0 Å². The van der Waals surface area contributed by atoms with E-state index < -0.39 is 0 Å². The summed E-state index contributed by atoms with van der Waals surface area (Å²) >= 11 is 0. The number of benzene rings is 2. The number of rotatable bonds is 7. The van der Waals surface area contributed by atoms with Crippen LogP contribution in [0.25, 0.3) is 0 Å². The zero-order chi connectivity index (χ0) is 19.3. The Morgan fingerprint density at radius 3 is 2.50 bits per heavy atom. The third-order valence-corrected chi connectivity index (χ3v) is 4.97. The van der Waals surface area contributed by atoms with Crippen LogP contribution in [0.3, 0.4) is 0 Å². The second kappa shape index (κ2) is 8.46. The highest BCUT2D eigenvalue weighted by molar-refractivity contribution is 6.04. The number of anilines is 1. The van der Waals surface area contributed by atoms with E-state index in [2.05, 4.69) is 10.3 Å². The Balaban J connectivity index is 1.44. The fourth-order valence-corrected chi connectivity index (χ4v) is 3.36. The summed E-state index contributed by atoms with van der Waals surface area (Å²) in [7, 11) is 5.72. The third kappa shape index (κ3) is 4.35. The van der Waals surface area contributed by atoms with Gasteiger partial charge in [-0.2, -0.15) is 0 Å². The molecule has 2 heterocycles. The van der Waals surface area contributed by atoms with Crippen molar-refractivity contribution in [2.24, 2.45) is 11.7 Å². The van der Waals surface area contributed by atoms with Crippen molar-refractivity contribution in [3.05, 3.63) is 84.2 Å². The fourth-order valence-electron chi connectivity index (χ4n) is 3.36. The molecule has 0 bridgehead atoms. The van der Waals surface area contributed by atoms with E-state index in [4.69, 9.17) is 18.5 Å². The van der Waals surface area contributed by atoms with E-state index >= 15 is 0 Å². The van der Waals surface area contributed by atoms with Crippen molar-refractivity contribution < 1.29 is 4.74 Å². The maximum atomic E-state index is 6.55. The van der Waals surface area contributed by atoms with Crippen molar-refractivity contribution in [1.82, 2.24) is 9.79 Å². The third-order valence-electron chi connectivity index (χ3n) is 4.97. The second-order valence-electron chi connectivity index (χ2n) is 7.13. The first-order chi connectivity index (χ1) is 13.7. The molecule has 1 aromatic heterocycles. The first-order valence-corrected chi connectivity index (χ1v) is 9.45. The number of nitrogens with one attached hydrogen (secondary N) is 1. The number of nitrogens with zero attached hydrogens (tertiary/aromatic N) is 2. The topological polar surface area (TPSA) is 63.4 Å². The molecule has 1 fully saturated rings. The SMILES string of the molecule is [B]N1CC(CNc2ccncc2C(N)c2ccc(Oc3ccccc3)cc2)C1. The highest BCUT2D eigenvalue weighted by Crippen LogP contribution is 2.29. The molecule has 0 amide bonds.